The van der Waals surface area contributed by atoms with Crippen molar-refractivity contribution in [3.63, 3.8) is 0 Å². The quantitative estimate of drug-likeness (QED) is 0.662. The summed E-state index contributed by atoms with van der Waals surface area (Å²) >= 11 is 1.92. The lowest BCUT2D eigenvalue weighted by atomic mass is 10.0. The van der Waals surface area contributed by atoms with Crippen LogP contribution in [0.25, 0.3) is 21.8 Å². The van der Waals surface area contributed by atoms with Crippen LogP contribution in [0.5, 0.6) is 0 Å². The molecule has 24 heavy (non-hydrogen) atoms. The summed E-state index contributed by atoms with van der Waals surface area (Å²) < 4.78 is 5.13. The Hall–Kier alpha value is -2.01. The molecule has 0 saturated carbocycles. The van der Waals surface area contributed by atoms with E-state index in [1.165, 1.54) is 5.56 Å². The van der Waals surface area contributed by atoms with Crippen LogP contribution in [0.2, 0.25) is 0 Å². The van der Waals surface area contributed by atoms with Crippen molar-refractivity contribution in [2.24, 2.45) is 0 Å². The highest BCUT2D eigenvalue weighted by Crippen LogP contribution is 2.34. The molecule has 0 bridgehead atoms. The molecule has 4 nitrogen and oxygen atoms in total. The van der Waals surface area contributed by atoms with E-state index in [1.54, 1.807) is 13.1 Å². The molecule has 2 aromatic heterocycles. The highest BCUT2D eigenvalue weighted by Gasteiger charge is 2.18. The number of benzene rings is 1. The Morgan fingerprint density at radius 3 is 2.83 bits per heavy atom. The summed E-state index contributed by atoms with van der Waals surface area (Å²) in [6.45, 7) is 8.49. The van der Waals surface area contributed by atoms with Crippen LogP contribution < -0.4 is 0 Å². The van der Waals surface area contributed by atoms with E-state index in [1.807, 2.05) is 18.7 Å². The summed E-state index contributed by atoms with van der Waals surface area (Å²) in [6, 6.07) is 6.50. The van der Waals surface area contributed by atoms with E-state index in [9.17, 15) is 4.79 Å². The van der Waals surface area contributed by atoms with Gasteiger partial charge in [-0.3, -0.25) is 0 Å². The predicted molar refractivity (Wildman–Crippen MR) is 101 cm³/mol. The maximum atomic E-state index is 12.1. The summed E-state index contributed by atoms with van der Waals surface area (Å²) in [5, 5.41) is 2.63. The number of fused-ring (bicyclic) bond motifs is 3. The van der Waals surface area contributed by atoms with Crippen molar-refractivity contribution in [2.45, 2.75) is 32.9 Å². The Morgan fingerprint density at radius 1 is 1.33 bits per heavy atom. The first-order chi connectivity index (χ1) is 11.6. The molecule has 5 heteroatoms. The molecule has 0 spiro atoms. The Labute approximate surface area is 146 Å². The zero-order valence-electron chi connectivity index (χ0n) is 14.5. The lowest BCUT2D eigenvalue weighted by Crippen LogP contribution is -2.09. The lowest BCUT2D eigenvalue weighted by Gasteiger charge is -2.10. The van der Waals surface area contributed by atoms with Crippen molar-refractivity contribution in [1.82, 2.24) is 9.97 Å². The number of hydrogen-bond acceptors (Lipinski definition) is 4. The second kappa shape index (κ2) is 6.85. The van der Waals surface area contributed by atoms with Crippen molar-refractivity contribution < 1.29 is 9.53 Å². The number of ether oxygens (including phenoxy) is 1. The van der Waals surface area contributed by atoms with Gasteiger partial charge in [0, 0.05) is 21.5 Å². The molecule has 126 valence electrons. The van der Waals surface area contributed by atoms with Crippen molar-refractivity contribution in [2.75, 3.05) is 12.4 Å². The van der Waals surface area contributed by atoms with Crippen molar-refractivity contribution in [3.05, 3.63) is 41.2 Å². The normalized spacial score (nSPS) is 12.7. The molecule has 3 aromatic rings. The van der Waals surface area contributed by atoms with Crippen LogP contribution in [0.1, 0.15) is 47.6 Å². The minimum absolute atomic E-state index is 0.349. The van der Waals surface area contributed by atoms with Crippen LogP contribution in [0, 0.1) is 6.92 Å². The zero-order valence-corrected chi connectivity index (χ0v) is 15.3. The molecule has 2 heterocycles. The number of carbonyl (C=O) groups excluding carboxylic acids is 1. The summed E-state index contributed by atoms with van der Waals surface area (Å²) in [5.74, 6) is 0.723. The number of aryl methyl sites for hydroxylation is 1. The van der Waals surface area contributed by atoms with Gasteiger partial charge in [0.2, 0.25) is 0 Å². The van der Waals surface area contributed by atoms with E-state index >= 15 is 0 Å². The standard InChI is InChI=1S/C19H22N2O2S/c1-5-23-19(22)18-11(3)17-14-9-13(12(4)24-6-2)7-8-15(14)21-16(17)10-20-18/h7-10,12,21H,5-6H2,1-4H3. The monoisotopic (exact) mass is 342 g/mol. The molecular formula is C19H22N2O2S. The molecule has 0 fully saturated rings. The maximum Gasteiger partial charge on any atom is 0.357 e. The predicted octanol–water partition coefficient (Wildman–Crippen LogP) is 5.02. The van der Waals surface area contributed by atoms with E-state index in [-0.39, 0.29) is 5.97 Å². The Balaban J connectivity index is 2.19. The van der Waals surface area contributed by atoms with Crippen LogP contribution in [-0.4, -0.2) is 28.3 Å². The average Bonchev–Trinajstić information content (AvgIpc) is 2.93. The van der Waals surface area contributed by atoms with Gasteiger partial charge in [0.25, 0.3) is 0 Å². The summed E-state index contributed by atoms with van der Waals surface area (Å²) in [5.41, 5.74) is 4.57. The first-order valence-electron chi connectivity index (χ1n) is 8.26. The molecule has 0 amide bonds. The smallest absolute Gasteiger partial charge is 0.357 e. The Bertz CT molecular complexity index is 901. The van der Waals surface area contributed by atoms with Gasteiger partial charge in [-0.25, -0.2) is 9.78 Å². The van der Waals surface area contributed by atoms with Gasteiger partial charge in [-0.15, -0.1) is 0 Å². The molecular weight excluding hydrogens is 320 g/mol. The van der Waals surface area contributed by atoms with Crippen LogP contribution in [0.15, 0.2) is 24.4 Å². The number of hydrogen-bond donors (Lipinski definition) is 1. The van der Waals surface area contributed by atoms with Crippen LogP contribution in [0.4, 0.5) is 0 Å². The van der Waals surface area contributed by atoms with Gasteiger partial charge in [0.05, 0.1) is 18.3 Å². The Kier molecular flexibility index (Phi) is 4.81. The fourth-order valence-electron chi connectivity index (χ4n) is 3.08. The van der Waals surface area contributed by atoms with Crippen molar-refractivity contribution in [1.29, 1.82) is 0 Å². The van der Waals surface area contributed by atoms with Gasteiger partial charge in [-0.2, -0.15) is 11.8 Å². The molecule has 1 N–H and O–H groups in total. The molecule has 1 atom stereocenters. The average molecular weight is 342 g/mol. The fraction of sp³-hybridized carbons (Fsp3) is 0.368. The van der Waals surface area contributed by atoms with Crippen molar-refractivity contribution >= 4 is 39.5 Å². The number of esters is 1. The van der Waals surface area contributed by atoms with Gasteiger partial charge >= 0.3 is 5.97 Å². The van der Waals surface area contributed by atoms with Gasteiger partial charge in [0.15, 0.2) is 5.69 Å². The van der Waals surface area contributed by atoms with E-state index in [2.05, 4.69) is 42.0 Å². The number of thioether (sulfide) groups is 1. The summed E-state index contributed by atoms with van der Waals surface area (Å²) in [6.07, 6.45) is 1.72. The fourth-order valence-corrected chi connectivity index (χ4v) is 3.92. The number of nitrogens with zero attached hydrogens (tertiary/aromatic N) is 1. The molecule has 1 unspecified atom stereocenters. The number of pyridine rings is 1. The second-order valence-electron chi connectivity index (χ2n) is 5.77. The first-order valence-corrected chi connectivity index (χ1v) is 9.31. The van der Waals surface area contributed by atoms with Gasteiger partial charge in [-0.1, -0.05) is 13.0 Å². The molecule has 1 aromatic carbocycles. The van der Waals surface area contributed by atoms with E-state index in [4.69, 9.17) is 4.74 Å². The van der Waals surface area contributed by atoms with E-state index in [0.29, 0.717) is 17.6 Å². The lowest BCUT2D eigenvalue weighted by molar-refractivity contribution is 0.0519. The highest BCUT2D eigenvalue weighted by atomic mass is 32.2. The summed E-state index contributed by atoms with van der Waals surface area (Å²) in [7, 11) is 0. The number of carbonyl (C=O) groups is 1. The largest absolute Gasteiger partial charge is 0.461 e. The minimum atomic E-state index is -0.364. The van der Waals surface area contributed by atoms with E-state index < -0.39 is 0 Å². The second-order valence-corrected chi connectivity index (χ2v) is 7.39. The van der Waals surface area contributed by atoms with E-state index in [0.717, 1.165) is 33.1 Å². The van der Waals surface area contributed by atoms with Crippen LogP contribution in [-0.2, 0) is 4.74 Å². The topological polar surface area (TPSA) is 55.0 Å². The molecule has 3 rings (SSSR count). The number of nitrogens with one attached hydrogen (secondary N) is 1. The van der Waals surface area contributed by atoms with Gasteiger partial charge in [-0.05, 0) is 49.8 Å². The van der Waals surface area contributed by atoms with Gasteiger partial charge in [0.1, 0.15) is 0 Å². The number of aromatic amines is 1. The summed E-state index contributed by atoms with van der Waals surface area (Å²) in [4.78, 5) is 19.8. The zero-order chi connectivity index (χ0) is 17.3. The number of rotatable bonds is 5. The molecule has 0 aliphatic rings. The molecule has 0 radical (unpaired) electrons. The Morgan fingerprint density at radius 2 is 2.12 bits per heavy atom. The number of aromatic nitrogens is 2. The molecule has 0 aliphatic heterocycles. The number of H-pyrrole nitrogens is 1. The van der Waals surface area contributed by atoms with Gasteiger partial charge < -0.3 is 9.72 Å². The third-order valence-electron chi connectivity index (χ3n) is 4.26. The molecule has 0 saturated heterocycles. The van der Waals surface area contributed by atoms with Crippen LogP contribution >= 0.6 is 11.8 Å². The first kappa shape index (κ1) is 16.8. The SMILES string of the molecule is CCOC(=O)c1ncc2[nH]c3ccc(C(C)SCC)cc3c2c1C. The third-order valence-corrected chi connectivity index (χ3v) is 5.36. The molecule has 0 aliphatic carbocycles. The maximum absolute atomic E-state index is 12.1. The third kappa shape index (κ3) is 2.88. The van der Waals surface area contributed by atoms with Crippen LogP contribution in [0.3, 0.4) is 0 Å². The highest BCUT2D eigenvalue weighted by molar-refractivity contribution is 7.99. The minimum Gasteiger partial charge on any atom is -0.461 e. The van der Waals surface area contributed by atoms with Crippen molar-refractivity contribution in [3.8, 4) is 0 Å².